The topological polar surface area (TPSA) is 109 Å². The van der Waals surface area contributed by atoms with E-state index in [0.29, 0.717) is 6.54 Å². The Balaban J connectivity index is 1.48. The van der Waals surface area contributed by atoms with Gasteiger partial charge in [0.25, 0.3) is 0 Å². The summed E-state index contributed by atoms with van der Waals surface area (Å²) in [5.41, 5.74) is 8.23. The van der Waals surface area contributed by atoms with E-state index in [-0.39, 0.29) is 19.8 Å². The van der Waals surface area contributed by atoms with Gasteiger partial charge in [0, 0.05) is 12.2 Å². The minimum atomic E-state index is -0.762. The fourth-order valence-electron chi connectivity index (χ4n) is 4.25. The molecule has 3 N–H and O–H groups in total. The van der Waals surface area contributed by atoms with Gasteiger partial charge >= 0.3 is 11.4 Å². The highest BCUT2D eigenvalue weighted by atomic mass is 16.5. The molecule has 0 unspecified atom stereocenters. The summed E-state index contributed by atoms with van der Waals surface area (Å²) in [6.07, 6.45) is 0. The largest absolute Gasteiger partial charge is 0.491 e. The molecule has 0 aliphatic carbocycles. The zero-order valence-electron chi connectivity index (χ0n) is 20.1. The third kappa shape index (κ3) is 5.55. The first-order valence-corrected chi connectivity index (χ1v) is 11.4. The number of hydrogen-bond acceptors (Lipinski definition) is 6. The van der Waals surface area contributed by atoms with Gasteiger partial charge in [0.2, 0.25) is 0 Å². The zero-order chi connectivity index (χ0) is 24.9. The Labute approximate surface area is 202 Å². The Morgan fingerprint density at radius 3 is 2.37 bits per heavy atom. The maximum absolute atomic E-state index is 11.6. The maximum Gasteiger partial charge on any atom is 0.440 e. The number of rotatable bonds is 9. The van der Waals surface area contributed by atoms with Crippen LogP contribution in [0, 0.1) is 20.8 Å². The predicted molar refractivity (Wildman–Crippen MR) is 135 cm³/mol. The summed E-state index contributed by atoms with van der Waals surface area (Å²) in [5.74, 6) is 0.00231. The van der Waals surface area contributed by atoms with Gasteiger partial charge in [-0.25, -0.2) is 14.6 Å². The van der Waals surface area contributed by atoms with Crippen molar-refractivity contribution < 1.29 is 14.4 Å². The van der Waals surface area contributed by atoms with E-state index in [9.17, 15) is 9.59 Å². The van der Waals surface area contributed by atoms with Crippen LogP contribution in [-0.4, -0.2) is 28.0 Å². The van der Waals surface area contributed by atoms with E-state index in [0.717, 1.165) is 32.9 Å². The Morgan fingerprint density at radius 2 is 1.74 bits per heavy atom. The van der Waals surface area contributed by atoms with Crippen LogP contribution < -0.4 is 21.5 Å². The van der Waals surface area contributed by atoms with Crippen molar-refractivity contribution in [2.45, 2.75) is 33.9 Å². The smallest absolute Gasteiger partial charge is 0.440 e. The number of aromatic nitrogens is 2. The van der Waals surface area contributed by atoms with Crippen LogP contribution in [0.5, 0.6) is 5.75 Å². The average Bonchev–Trinajstić information content (AvgIpc) is 3.14. The first-order valence-electron chi connectivity index (χ1n) is 11.4. The molecule has 0 amide bonds. The molecular formula is C27H29N3O5. The Hall–Kier alpha value is -4.04. The van der Waals surface area contributed by atoms with Gasteiger partial charge in [0.05, 0.1) is 13.2 Å². The molecule has 4 rings (SSSR count). The molecule has 0 saturated carbocycles. The highest BCUT2D eigenvalue weighted by molar-refractivity contribution is 5.75. The molecule has 1 aromatic heterocycles. The number of aliphatic hydroxyl groups is 1. The van der Waals surface area contributed by atoms with E-state index >= 15 is 0 Å². The maximum atomic E-state index is 11.6. The first-order chi connectivity index (χ1) is 16.9. The lowest BCUT2D eigenvalue weighted by Gasteiger charge is -2.18. The van der Waals surface area contributed by atoms with Crippen LogP contribution in [0.2, 0.25) is 0 Å². The van der Waals surface area contributed by atoms with Gasteiger partial charge in [0.15, 0.2) is 0 Å². The standard InChI is InChI=1S/C27H29N3O5/c1-17-13-23(34-12-11-31)14-18(2)25(17)24-6-4-5-21(19(24)3)15-28-22-9-7-20(8-10-22)16-30-26(32)29-27(33)35-30/h4-10,13-14,28,31H,11-12,15-16H2,1-3H3,(H,29,32,33). The van der Waals surface area contributed by atoms with Crippen LogP contribution in [0.15, 0.2) is 68.7 Å². The number of aliphatic hydroxyl groups excluding tert-OH is 1. The molecule has 1 heterocycles. The summed E-state index contributed by atoms with van der Waals surface area (Å²) in [6.45, 7) is 7.39. The van der Waals surface area contributed by atoms with Crippen molar-refractivity contribution in [3.05, 3.63) is 103 Å². The van der Waals surface area contributed by atoms with Crippen molar-refractivity contribution >= 4 is 5.69 Å². The van der Waals surface area contributed by atoms with Gasteiger partial charge in [-0.05, 0) is 84.0 Å². The predicted octanol–water partition coefficient (Wildman–Crippen LogP) is 3.75. The Kier molecular flexibility index (Phi) is 7.22. The number of ether oxygens (including phenoxy) is 1. The van der Waals surface area contributed by atoms with Gasteiger partial charge in [-0.3, -0.25) is 0 Å². The summed E-state index contributed by atoms with van der Waals surface area (Å²) < 4.78 is 11.4. The second-order valence-corrected chi connectivity index (χ2v) is 8.49. The minimum Gasteiger partial charge on any atom is -0.491 e. The number of anilines is 1. The number of aryl methyl sites for hydroxylation is 2. The molecule has 8 nitrogen and oxygen atoms in total. The van der Waals surface area contributed by atoms with E-state index in [1.54, 1.807) is 0 Å². The van der Waals surface area contributed by atoms with E-state index in [2.05, 4.69) is 49.3 Å². The number of nitrogens with zero attached hydrogens (tertiary/aromatic N) is 1. The van der Waals surface area contributed by atoms with Crippen molar-refractivity contribution in [3.63, 3.8) is 0 Å². The molecule has 4 aromatic rings. The summed E-state index contributed by atoms with van der Waals surface area (Å²) in [4.78, 5) is 24.8. The SMILES string of the molecule is Cc1cc(OCCO)cc(C)c1-c1cccc(CNc2ccc(Cn3oc(=O)[nH]c3=O)cc2)c1C. The van der Waals surface area contributed by atoms with Crippen LogP contribution in [0.4, 0.5) is 5.69 Å². The number of aromatic amines is 1. The van der Waals surface area contributed by atoms with Crippen molar-refractivity contribution in [2.75, 3.05) is 18.5 Å². The van der Waals surface area contributed by atoms with E-state index in [1.165, 1.54) is 22.3 Å². The molecule has 0 fully saturated rings. The summed E-state index contributed by atoms with van der Waals surface area (Å²) >= 11 is 0. The van der Waals surface area contributed by atoms with E-state index in [1.807, 2.05) is 36.4 Å². The van der Waals surface area contributed by atoms with Crippen LogP contribution in [0.3, 0.4) is 0 Å². The minimum absolute atomic E-state index is 0.0122. The first kappa shape index (κ1) is 24.1. The van der Waals surface area contributed by atoms with Crippen molar-refractivity contribution in [1.82, 2.24) is 9.72 Å². The van der Waals surface area contributed by atoms with Gasteiger partial charge < -0.3 is 19.7 Å². The third-order valence-corrected chi connectivity index (χ3v) is 5.97. The molecule has 35 heavy (non-hydrogen) atoms. The van der Waals surface area contributed by atoms with Gasteiger partial charge in [-0.15, -0.1) is 4.74 Å². The molecule has 0 aliphatic rings. The van der Waals surface area contributed by atoms with Gasteiger partial charge in [-0.1, -0.05) is 30.3 Å². The number of benzene rings is 3. The summed E-state index contributed by atoms with van der Waals surface area (Å²) in [6, 6.07) is 18.0. The summed E-state index contributed by atoms with van der Waals surface area (Å²) in [5, 5.41) is 12.5. The number of H-pyrrole nitrogens is 1. The Morgan fingerprint density at radius 1 is 1.03 bits per heavy atom. The molecule has 0 radical (unpaired) electrons. The normalized spacial score (nSPS) is 11.0. The van der Waals surface area contributed by atoms with Crippen LogP contribution in [0.1, 0.15) is 27.8 Å². The van der Waals surface area contributed by atoms with E-state index in [4.69, 9.17) is 14.4 Å². The molecule has 0 saturated heterocycles. The second kappa shape index (κ2) is 10.5. The van der Waals surface area contributed by atoms with Crippen LogP contribution in [0.25, 0.3) is 11.1 Å². The lowest BCUT2D eigenvalue weighted by molar-refractivity contribution is 0.201. The average molecular weight is 476 g/mol. The Bertz CT molecular complexity index is 1410. The number of hydrogen-bond donors (Lipinski definition) is 3. The molecule has 8 heteroatoms. The highest BCUT2D eigenvalue weighted by Crippen LogP contribution is 2.34. The monoisotopic (exact) mass is 475 g/mol. The highest BCUT2D eigenvalue weighted by Gasteiger charge is 2.13. The molecular weight excluding hydrogens is 446 g/mol. The fourth-order valence-corrected chi connectivity index (χ4v) is 4.25. The summed E-state index contributed by atoms with van der Waals surface area (Å²) in [7, 11) is 0. The molecule has 3 aromatic carbocycles. The fraction of sp³-hybridized carbons (Fsp3) is 0.259. The third-order valence-electron chi connectivity index (χ3n) is 5.97. The van der Waals surface area contributed by atoms with Crippen LogP contribution in [-0.2, 0) is 13.1 Å². The van der Waals surface area contributed by atoms with Gasteiger partial charge in [0.1, 0.15) is 12.4 Å². The molecule has 0 atom stereocenters. The second-order valence-electron chi connectivity index (χ2n) is 8.49. The lowest BCUT2D eigenvalue weighted by Crippen LogP contribution is -2.17. The molecule has 0 aliphatic heterocycles. The van der Waals surface area contributed by atoms with E-state index < -0.39 is 11.4 Å². The van der Waals surface area contributed by atoms with Crippen molar-refractivity contribution in [3.8, 4) is 16.9 Å². The van der Waals surface area contributed by atoms with Crippen molar-refractivity contribution in [2.24, 2.45) is 0 Å². The molecule has 182 valence electrons. The van der Waals surface area contributed by atoms with Gasteiger partial charge in [-0.2, -0.15) is 0 Å². The van der Waals surface area contributed by atoms with Crippen molar-refractivity contribution in [1.29, 1.82) is 0 Å². The van der Waals surface area contributed by atoms with Crippen LogP contribution >= 0.6 is 0 Å². The zero-order valence-corrected chi connectivity index (χ0v) is 20.1. The lowest BCUT2D eigenvalue weighted by atomic mass is 9.90. The number of nitrogens with one attached hydrogen (secondary N) is 2. The molecule has 0 spiro atoms. The quantitative estimate of drug-likeness (QED) is 0.340. The molecule has 0 bridgehead atoms.